The number of ether oxygens (including phenoxy) is 1. The van der Waals surface area contributed by atoms with E-state index in [2.05, 4.69) is 13.8 Å². The van der Waals surface area contributed by atoms with Crippen LogP contribution in [0.15, 0.2) is 18.2 Å². The fourth-order valence-electron chi connectivity index (χ4n) is 1.96. The Labute approximate surface area is 108 Å². The summed E-state index contributed by atoms with van der Waals surface area (Å²) in [6.07, 6.45) is 2.09. The molecule has 0 aromatic heterocycles. The number of aromatic carboxylic acids is 1. The Hall–Kier alpha value is -1.71. The Morgan fingerprint density at radius 3 is 2.67 bits per heavy atom. The van der Waals surface area contributed by atoms with Crippen molar-refractivity contribution >= 4 is 11.7 Å². The van der Waals surface area contributed by atoms with Gasteiger partial charge in [-0.15, -0.1) is 0 Å². The predicted octanol–water partition coefficient (Wildman–Crippen LogP) is 3.02. The van der Waals surface area contributed by atoms with Gasteiger partial charge >= 0.3 is 5.97 Å². The third-order valence-electron chi connectivity index (χ3n) is 3.18. The van der Waals surface area contributed by atoms with Crippen LogP contribution in [0.25, 0.3) is 0 Å². The van der Waals surface area contributed by atoms with Crippen LogP contribution in [0, 0.1) is 0 Å². The number of carbonyl (C=O) groups is 1. The van der Waals surface area contributed by atoms with Crippen LogP contribution in [0.1, 0.15) is 37.0 Å². The number of benzene rings is 1. The predicted molar refractivity (Wildman–Crippen MR) is 72.7 cm³/mol. The van der Waals surface area contributed by atoms with Gasteiger partial charge in [-0.05, 0) is 25.5 Å². The number of methoxy groups -OCH3 is 1. The van der Waals surface area contributed by atoms with Gasteiger partial charge < -0.3 is 14.7 Å². The van der Waals surface area contributed by atoms with Crippen molar-refractivity contribution in [2.45, 2.75) is 32.7 Å². The first-order valence-electron chi connectivity index (χ1n) is 6.15. The van der Waals surface area contributed by atoms with Crippen molar-refractivity contribution < 1.29 is 14.6 Å². The highest BCUT2D eigenvalue weighted by molar-refractivity contribution is 5.94. The summed E-state index contributed by atoms with van der Waals surface area (Å²) in [6.45, 7) is 4.21. The summed E-state index contributed by atoms with van der Waals surface area (Å²) >= 11 is 0. The molecule has 0 aliphatic carbocycles. The molecule has 4 nitrogen and oxygen atoms in total. The van der Waals surface area contributed by atoms with Gasteiger partial charge in [-0.2, -0.15) is 0 Å². The first-order chi connectivity index (χ1) is 8.51. The molecule has 1 aromatic carbocycles. The minimum Gasteiger partial charge on any atom is -0.497 e. The molecular formula is C14H21NO3. The molecule has 18 heavy (non-hydrogen) atoms. The molecule has 0 fully saturated rings. The average molecular weight is 251 g/mol. The van der Waals surface area contributed by atoms with Crippen LogP contribution in [0.5, 0.6) is 5.75 Å². The number of anilines is 1. The van der Waals surface area contributed by atoms with Crippen LogP contribution in [-0.4, -0.2) is 31.3 Å². The van der Waals surface area contributed by atoms with Crippen molar-refractivity contribution in [3.63, 3.8) is 0 Å². The summed E-state index contributed by atoms with van der Waals surface area (Å²) in [5, 5.41) is 9.22. The normalized spacial score (nSPS) is 12.0. The Balaban J connectivity index is 3.14. The molecule has 0 amide bonds. The van der Waals surface area contributed by atoms with Crippen molar-refractivity contribution in [1.29, 1.82) is 0 Å². The van der Waals surface area contributed by atoms with Crippen molar-refractivity contribution in [2.24, 2.45) is 0 Å². The Kier molecular flexibility index (Phi) is 5.01. The lowest BCUT2D eigenvalue weighted by atomic mass is 10.1. The van der Waals surface area contributed by atoms with Crippen LogP contribution < -0.4 is 9.64 Å². The van der Waals surface area contributed by atoms with Crippen LogP contribution >= 0.6 is 0 Å². The Morgan fingerprint density at radius 1 is 1.50 bits per heavy atom. The monoisotopic (exact) mass is 251 g/mol. The van der Waals surface area contributed by atoms with Gasteiger partial charge in [0.15, 0.2) is 0 Å². The number of hydrogen-bond acceptors (Lipinski definition) is 3. The summed E-state index contributed by atoms with van der Waals surface area (Å²) in [5.74, 6) is -0.242. The third kappa shape index (κ3) is 3.15. The number of carboxylic acids is 1. The van der Waals surface area contributed by atoms with Gasteiger partial charge in [0.05, 0.1) is 18.4 Å². The second-order valence-corrected chi connectivity index (χ2v) is 4.44. The molecule has 1 atom stereocenters. The lowest BCUT2D eigenvalue weighted by Gasteiger charge is -2.28. The topological polar surface area (TPSA) is 49.8 Å². The molecule has 1 N–H and O–H groups in total. The molecule has 1 unspecified atom stereocenters. The lowest BCUT2D eigenvalue weighted by Crippen LogP contribution is -2.30. The SMILES string of the molecule is CCCC(C)N(C)c1cc(OC)ccc1C(=O)O. The molecule has 1 rings (SSSR count). The van der Waals surface area contributed by atoms with Gasteiger partial charge in [-0.25, -0.2) is 4.79 Å². The number of rotatable bonds is 6. The van der Waals surface area contributed by atoms with E-state index >= 15 is 0 Å². The van der Waals surface area contributed by atoms with Crippen molar-refractivity contribution in [2.75, 3.05) is 19.1 Å². The zero-order chi connectivity index (χ0) is 13.7. The standard InChI is InChI=1S/C14H21NO3/c1-5-6-10(2)15(3)13-9-11(18-4)7-8-12(13)14(16)17/h7-10H,5-6H2,1-4H3,(H,16,17). The van der Waals surface area contributed by atoms with E-state index in [0.717, 1.165) is 12.8 Å². The largest absolute Gasteiger partial charge is 0.497 e. The van der Waals surface area contributed by atoms with Crippen LogP contribution in [-0.2, 0) is 0 Å². The number of carboxylic acid groups (broad SMARTS) is 1. The van der Waals surface area contributed by atoms with Crippen molar-refractivity contribution in [3.8, 4) is 5.75 Å². The second-order valence-electron chi connectivity index (χ2n) is 4.44. The second kappa shape index (κ2) is 6.28. The first-order valence-corrected chi connectivity index (χ1v) is 6.15. The minimum atomic E-state index is -0.914. The smallest absolute Gasteiger partial charge is 0.337 e. The van der Waals surface area contributed by atoms with Gasteiger partial charge in [0.25, 0.3) is 0 Å². The lowest BCUT2D eigenvalue weighted by molar-refractivity contribution is 0.0697. The van der Waals surface area contributed by atoms with Gasteiger partial charge in [0.1, 0.15) is 5.75 Å². The van der Waals surface area contributed by atoms with E-state index in [9.17, 15) is 9.90 Å². The van der Waals surface area contributed by atoms with E-state index in [1.807, 2.05) is 11.9 Å². The number of hydrogen-bond donors (Lipinski definition) is 1. The average Bonchev–Trinajstić information content (AvgIpc) is 2.37. The fourth-order valence-corrected chi connectivity index (χ4v) is 1.96. The van der Waals surface area contributed by atoms with E-state index in [1.54, 1.807) is 25.3 Å². The number of nitrogens with zero attached hydrogens (tertiary/aromatic N) is 1. The molecule has 0 radical (unpaired) electrons. The molecule has 0 saturated carbocycles. The summed E-state index contributed by atoms with van der Waals surface area (Å²) in [4.78, 5) is 13.2. The van der Waals surface area contributed by atoms with Crippen molar-refractivity contribution in [3.05, 3.63) is 23.8 Å². The maximum Gasteiger partial charge on any atom is 0.337 e. The molecule has 100 valence electrons. The van der Waals surface area contributed by atoms with Gasteiger partial charge in [-0.3, -0.25) is 0 Å². The molecule has 0 heterocycles. The molecule has 1 aromatic rings. The zero-order valence-electron chi connectivity index (χ0n) is 11.4. The van der Waals surface area contributed by atoms with Gasteiger partial charge in [0.2, 0.25) is 0 Å². The van der Waals surface area contributed by atoms with E-state index in [1.165, 1.54) is 0 Å². The molecule has 4 heteroatoms. The van der Waals surface area contributed by atoms with Crippen LogP contribution in [0.2, 0.25) is 0 Å². The van der Waals surface area contributed by atoms with E-state index in [0.29, 0.717) is 23.0 Å². The Bertz CT molecular complexity index is 418. The molecule has 0 bridgehead atoms. The van der Waals surface area contributed by atoms with E-state index in [-0.39, 0.29) is 0 Å². The highest BCUT2D eigenvalue weighted by Crippen LogP contribution is 2.27. The highest BCUT2D eigenvalue weighted by Gasteiger charge is 2.17. The summed E-state index contributed by atoms with van der Waals surface area (Å²) in [7, 11) is 3.50. The quantitative estimate of drug-likeness (QED) is 0.844. The fraction of sp³-hybridized carbons (Fsp3) is 0.500. The zero-order valence-corrected chi connectivity index (χ0v) is 11.4. The summed E-state index contributed by atoms with van der Waals surface area (Å²) in [6, 6.07) is 5.33. The van der Waals surface area contributed by atoms with Gasteiger partial charge in [-0.1, -0.05) is 13.3 Å². The molecular weight excluding hydrogens is 230 g/mol. The van der Waals surface area contributed by atoms with E-state index in [4.69, 9.17) is 4.74 Å². The minimum absolute atomic E-state index is 0.292. The van der Waals surface area contributed by atoms with Crippen molar-refractivity contribution in [1.82, 2.24) is 0 Å². The van der Waals surface area contributed by atoms with Crippen LogP contribution in [0.4, 0.5) is 5.69 Å². The maximum atomic E-state index is 11.2. The van der Waals surface area contributed by atoms with E-state index < -0.39 is 5.97 Å². The first kappa shape index (κ1) is 14.4. The molecule has 0 saturated heterocycles. The Morgan fingerprint density at radius 2 is 2.17 bits per heavy atom. The van der Waals surface area contributed by atoms with Gasteiger partial charge in [0, 0.05) is 19.2 Å². The molecule has 0 aliphatic rings. The highest BCUT2D eigenvalue weighted by atomic mass is 16.5. The maximum absolute atomic E-state index is 11.2. The molecule has 0 aliphatic heterocycles. The molecule has 0 spiro atoms. The summed E-state index contributed by atoms with van der Waals surface area (Å²) in [5.41, 5.74) is 1.00. The third-order valence-corrected chi connectivity index (χ3v) is 3.18. The van der Waals surface area contributed by atoms with Crippen LogP contribution in [0.3, 0.4) is 0 Å². The summed E-state index contributed by atoms with van der Waals surface area (Å²) < 4.78 is 5.16.